The summed E-state index contributed by atoms with van der Waals surface area (Å²) in [7, 11) is 0. The van der Waals surface area contributed by atoms with Crippen molar-refractivity contribution >= 4 is 17.5 Å². The Bertz CT molecular complexity index is 1080. The Hall–Kier alpha value is -3.18. The topological polar surface area (TPSA) is 104 Å². The lowest BCUT2D eigenvalue weighted by Gasteiger charge is -2.07. The van der Waals surface area contributed by atoms with E-state index in [4.69, 9.17) is 4.52 Å². The number of pyridine rings is 1. The van der Waals surface area contributed by atoms with Gasteiger partial charge in [0.1, 0.15) is 11.1 Å². The molecule has 2 heterocycles. The smallest absolute Gasteiger partial charge is 0.286 e. The highest BCUT2D eigenvalue weighted by Crippen LogP contribution is 2.22. The van der Waals surface area contributed by atoms with Gasteiger partial charge in [0.25, 0.3) is 0 Å². The molecule has 0 amide bonds. The van der Waals surface area contributed by atoms with Crippen LogP contribution in [0.25, 0.3) is 5.69 Å². The average Bonchev–Trinajstić information content (AvgIpc) is 3.08. The molecular weight excluding hydrogens is 376 g/mol. The third-order valence-electron chi connectivity index (χ3n) is 3.92. The van der Waals surface area contributed by atoms with E-state index in [1.54, 1.807) is 30.3 Å². The quantitative estimate of drug-likeness (QED) is 0.375. The summed E-state index contributed by atoms with van der Waals surface area (Å²) < 4.78 is 6.13. The predicted octanol–water partition coefficient (Wildman–Crippen LogP) is 2.68. The van der Waals surface area contributed by atoms with Crippen LogP contribution in [0.3, 0.4) is 0 Å². The summed E-state index contributed by atoms with van der Waals surface area (Å²) in [5, 5.41) is 12.3. The Balaban J connectivity index is 1.83. The van der Waals surface area contributed by atoms with E-state index in [0.717, 1.165) is 23.9 Å². The molecule has 3 aromatic rings. The molecule has 1 N–H and O–H groups in total. The second-order valence-corrected chi connectivity index (χ2v) is 7.54. The number of Topliss-reactive ketones (excluding diaryl/α,β-unsaturated/α-hetero) is 1. The number of para-hydroxylation sites is 1. The van der Waals surface area contributed by atoms with E-state index in [-0.39, 0.29) is 11.4 Å². The van der Waals surface area contributed by atoms with Crippen LogP contribution in [-0.2, 0) is 6.42 Å². The van der Waals surface area contributed by atoms with Crippen molar-refractivity contribution in [2.75, 3.05) is 5.75 Å². The molecule has 0 saturated carbocycles. The predicted molar refractivity (Wildman–Crippen MR) is 103 cm³/mol. The van der Waals surface area contributed by atoms with Crippen LogP contribution in [0.5, 0.6) is 0 Å². The molecule has 0 atom stereocenters. The molecule has 0 aliphatic heterocycles. The molecular formula is C20H19N4O3S+. The fourth-order valence-electron chi connectivity index (χ4n) is 2.68. The van der Waals surface area contributed by atoms with Crippen molar-refractivity contribution in [3.8, 4) is 11.8 Å². The molecule has 7 nitrogen and oxygen atoms in total. The lowest BCUT2D eigenvalue weighted by molar-refractivity contribution is -0.672. The summed E-state index contributed by atoms with van der Waals surface area (Å²) in [6.45, 7) is 4.17. The molecule has 142 valence electrons. The lowest BCUT2D eigenvalue weighted by atomic mass is 10.1. The third kappa shape index (κ3) is 4.38. The summed E-state index contributed by atoms with van der Waals surface area (Å²) in [5.41, 5.74) is 1.04. The lowest BCUT2D eigenvalue weighted by Crippen LogP contribution is -2.41. The molecule has 0 unspecified atom stereocenters. The second-order valence-electron chi connectivity index (χ2n) is 6.58. The van der Waals surface area contributed by atoms with Crippen molar-refractivity contribution in [2.24, 2.45) is 5.92 Å². The molecule has 8 heteroatoms. The Morgan fingerprint density at radius 3 is 2.71 bits per heavy atom. The number of hydrogen-bond acceptors (Lipinski definition) is 6. The number of ketones is 1. The summed E-state index contributed by atoms with van der Waals surface area (Å²) in [6.07, 6.45) is 0.780. The van der Waals surface area contributed by atoms with Gasteiger partial charge in [0.2, 0.25) is 11.5 Å². The molecule has 0 aliphatic rings. The highest BCUT2D eigenvalue weighted by atomic mass is 32.2. The van der Waals surface area contributed by atoms with E-state index in [1.165, 1.54) is 4.68 Å². The SMILES string of the molecule is CC(C)Cc1ccc(C#N)c(SCC(=O)c2c(=O)o[nH][n+]2-c2ccccc2)n1. The van der Waals surface area contributed by atoms with Gasteiger partial charge in [-0.15, -0.1) is 0 Å². The molecule has 1 aromatic carbocycles. The first-order chi connectivity index (χ1) is 13.5. The number of thioether (sulfide) groups is 1. The van der Waals surface area contributed by atoms with Gasteiger partial charge < -0.3 is 0 Å². The maximum absolute atomic E-state index is 12.7. The summed E-state index contributed by atoms with van der Waals surface area (Å²) in [4.78, 5) is 29.3. The number of H-pyrrole nitrogens is 1. The highest BCUT2D eigenvalue weighted by molar-refractivity contribution is 8.00. The van der Waals surface area contributed by atoms with E-state index in [9.17, 15) is 14.9 Å². The summed E-state index contributed by atoms with van der Waals surface area (Å²) in [6, 6.07) is 14.6. The first-order valence-electron chi connectivity index (χ1n) is 8.74. The fourth-order valence-corrected chi connectivity index (χ4v) is 3.53. The van der Waals surface area contributed by atoms with Gasteiger partial charge >= 0.3 is 11.3 Å². The van der Waals surface area contributed by atoms with Crippen molar-refractivity contribution < 1.29 is 14.0 Å². The van der Waals surface area contributed by atoms with Crippen LogP contribution in [0.1, 0.15) is 35.6 Å². The summed E-state index contributed by atoms with van der Waals surface area (Å²) in [5.74, 6) is -0.0273. The minimum atomic E-state index is -0.739. The monoisotopic (exact) mass is 395 g/mol. The van der Waals surface area contributed by atoms with Crippen LogP contribution in [0.4, 0.5) is 0 Å². The number of benzene rings is 1. The standard InChI is InChI=1S/C20H18N4O3S/c1-13(2)10-15-9-8-14(11-21)19(22-15)28-12-17(25)18-20(26)27-23-24(18)16-6-4-3-5-7-16/h3-9,13H,10,12H2,1-2H3/p+1. The molecule has 3 rings (SSSR count). The van der Waals surface area contributed by atoms with Crippen molar-refractivity contribution in [2.45, 2.75) is 25.3 Å². The van der Waals surface area contributed by atoms with Gasteiger partial charge in [0, 0.05) is 17.8 Å². The molecule has 0 bridgehead atoms. The molecule has 28 heavy (non-hydrogen) atoms. The number of nitrogens with zero attached hydrogens (tertiary/aromatic N) is 3. The zero-order chi connectivity index (χ0) is 20.1. The van der Waals surface area contributed by atoms with Crippen molar-refractivity contribution in [1.82, 2.24) is 10.3 Å². The molecule has 0 fully saturated rings. The van der Waals surface area contributed by atoms with Crippen LogP contribution in [0.2, 0.25) is 0 Å². The van der Waals surface area contributed by atoms with Gasteiger partial charge in [-0.1, -0.05) is 43.8 Å². The van der Waals surface area contributed by atoms with Crippen molar-refractivity contribution in [1.29, 1.82) is 5.26 Å². The van der Waals surface area contributed by atoms with E-state index in [2.05, 4.69) is 30.2 Å². The number of nitrogens with one attached hydrogen (secondary N) is 1. The van der Waals surface area contributed by atoms with Crippen molar-refractivity contribution in [3.05, 3.63) is 69.8 Å². The zero-order valence-electron chi connectivity index (χ0n) is 15.5. The minimum Gasteiger partial charge on any atom is -0.286 e. The molecule has 0 aliphatic carbocycles. The number of rotatable bonds is 7. The van der Waals surface area contributed by atoms with Gasteiger partial charge in [0.15, 0.2) is 0 Å². The van der Waals surface area contributed by atoms with Gasteiger partial charge in [-0.05, 0) is 34.4 Å². The highest BCUT2D eigenvalue weighted by Gasteiger charge is 2.30. The zero-order valence-corrected chi connectivity index (χ0v) is 16.3. The van der Waals surface area contributed by atoms with E-state index in [1.807, 2.05) is 12.1 Å². The Kier molecular flexibility index (Phi) is 6.06. The number of hydrogen-bond donors (Lipinski definition) is 1. The maximum atomic E-state index is 12.7. The number of aromatic nitrogens is 3. The average molecular weight is 395 g/mol. The Morgan fingerprint density at radius 1 is 1.29 bits per heavy atom. The van der Waals surface area contributed by atoms with Gasteiger partial charge in [-0.3, -0.25) is 9.32 Å². The largest absolute Gasteiger partial charge is 0.438 e. The number of nitriles is 1. The van der Waals surface area contributed by atoms with Crippen LogP contribution in [0, 0.1) is 17.2 Å². The summed E-state index contributed by atoms with van der Waals surface area (Å²) >= 11 is 1.14. The molecule has 0 saturated heterocycles. The first kappa shape index (κ1) is 19.6. The molecule has 2 aromatic heterocycles. The minimum absolute atomic E-state index is 0.0394. The Labute approximate surface area is 166 Å². The van der Waals surface area contributed by atoms with Crippen LogP contribution in [-0.4, -0.2) is 21.8 Å². The number of aromatic amines is 1. The van der Waals surface area contributed by atoms with E-state index in [0.29, 0.717) is 22.2 Å². The van der Waals surface area contributed by atoms with Gasteiger partial charge in [0.05, 0.1) is 11.3 Å². The van der Waals surface area contributed by atoms with Gasteiger partial charge in [-0.25, -0.2) is 9.78 Å². The van der Waals surface area contributed by atoms with Crippen LogP contribution < -0.4 is 10.3 Å². The molecule has 0 radical (unpaired) electrons. The van der Waals surface area contributed by atoms with E-state index < -0.39 is 11.4 Å². The first-order valence-corrected chi connectivity index (χ1v) is 9.73. The Morgan fingerprint density at radius 2 is 2.04 bits per heavy atom. The maximum Gasteiger partial charge on any atom is 0.438 e. The number of carbonyl (C=O) groups is 1. The van der Waals surface area contributed by atoms with Crippen LogP contribution >= 0.6 is 11.8 Å². The van der Waals surface area contributed by atoms with E-state index >= 15 is 0 Å². The second kappa shape index (κ2) is 8.67. The fraction of sp³-hybridized carbons (Fsp3) is 0.250. The molecule has 0 spiro atoms. The number of carbonyl (C=O) groups excluding carboxylic acids is 1. The van der Waals surface area contributed by atoms with Crippen LogP contribution in [0.15, 0.2) is 56.8 Å². The third-order valence-corrected chi connectivity index (χ3v) is 4.91. The van der Waals surface area contributed by atoms with Crippen molar-refractivity contribution in [3.63, 3.8) is 0 Å². The normalized spacial score (nSPS) is 10.8. The van der Waals surface area contributed by atoms with Gasteiger partial charge in [-0.2, -0.15) is 5.26 Å².